The van der Waals surface area contributed by atoms with Gasteiger partial charge in [0, 0.05) is 32.4 Å². The van der Waals surface area contributed by atoms with Crippen molar-refractivity contribution in [1.82, 2.24) is 15.6 Å². The molecular formula is C20H28N4O2. The largest absolute Gasteiger partial charge is 0.496 e. The molecule has 0 aliphatic heterocycles. The molecule has 0 bridgehead atoms. The number of guanidine groups is 1. The van der Waals surface area contributed by atoms with Crippen molar-refractivity contribution in [2.75, 3.05) is 27.3 Å². The van der Waals surface area contributed by atoms with Gasteiger partial charge in [0.25, 0.3) is 0 Å². The molecule has 140 valence electrons. The topological polar surface area (TPSA) is 67.8 Å². The zero-order valence-electron chi connectivity index (χ0n) is 15.8. The molecule has 2 rings (SSSR count). The first kappa shape index (κ1) is 19.6. The summed E-state index contributed by atoms with van der Waals surface area (Å²) in [5, 5.41) is 6.61. The first-order valence-electron chi connectivity index (χ1n) is 8.91. The Morgan fingerprint density at radius 2 is 2.00 bits per heavy atom. The van der Waals surface area contributed by atoms with Crippen molar-refractivity contribution in [2.24, 2.45) is 4.99 Å². The lowest BCUT2D eigenvalue weighted by Crippen LogP contribution is -2.37. The molecule has 2 aromatic rings. The fourth-order valence-electron chi connectivity index (χ4n) is 2.44. The molecule has 0 aliphatic carbocycles. The van der Waals surface area contributed by atoms with Crippen LogP contribution >= 0.6 is 0 Å². The van der Waals surface area contributed by atoms with E-state index >= 15 is 0 Å². The zero-order chi connectivity index (χ0) is 18.6. The molecule has 0 unspecified atom stereocenters. The Morgan fingerprint density at radius 3 is 2.69 bits per heavy atom. The highest BCUT2D eigenvalue weighted by Crippen LogP contribution is 2.17. The number of aliphatic imine (C=N–C) groups is 1. The highest BCUT2D eigenvalue weighted by atomic mass is 16.5. The van der Waals surface area contributed by atoms with Gasteiger partial charge in [-0.15, -0.1) is 0 Å². The normalized spacial score (nSPS) is 11.1. The van der Waals surface area contributed by atoms with Crippen LogP contribution in [0.25, 0.3) is 0 Å². The number of benzene rings is 1. The summed E-state index contributed by atoms with van der Waals surface area (Å²) in [6, 6.07) is 11.9. The molecule has 26 heavy (non-hydrogen) atoms. The predicted octanol–water partition coefficient (Wildman–Crippen LogP) is 2.79. The third kappa shape index (κ3) is 6.27. The average Bonchev–Trinajstić information content (AvgIpc) is 2.70. The van der Waals surface area contributed by atoms with E-state index in [0.717, 1.165) is 36.7 Å². The third-order valence-electron chi connectivity index (χ3n) is 3.81. The van der Waals surface area contributed by atoms with Gasteiger partial charge < -0.3 is 20.1 Å². The number of methoxy groups -OCH3 is 1. The van der Waals surface area contributed by atoms with Crippen LogP contribution in [0.4, 0.5) is 0 Å². The number of nitrogens with one attached hydrogen (secondary N) is 2. The molecule has 0 spiro atoms. The molecule has 0 saturated carbocycles. The molecule has 0 aliphatic rings. The van der Waals surface area contributed by atoms with Crippen molar-refractivity contribution in [3.63, 3.8) is 0 Å². The summed E-state index contributed by atoms with van der Waals surface area (Å²) in [4.78, 5) is 8.56. The van der Waals surface area contributed by atoms with Crippen molar-refractivity contribution in [3.05, 3.63) is 53.7 Å². The van der Waals surface area contributed by atoms with Gasteiger partial charge in [0.1, 0.15) is 5.75 Å². The van der Waals surface area contributed by atoms with E-state index in [2.05, 4.69) is 33.6 Å². The smallest absolute Gasteiger partial charge is 0.213 e. The summed E-state index contributed by atoms with van der Waals surface area (Å²) < 4.78 is 10.9. The number of nitrogens with zero attached hydrogens (tertiary/aromatic N) is 2. The van der Waals surface area contributed by atoms with Gasteiger partial charge in [-0.2, -0.15) is 0 Å². The van der Waals surface area contributed by atoms with E-state index in [1.165, 1.54) is 5.56 Å². The van der Waals surface area contributed by atoms with E-state index in [4.69, 9.17) is 9.47 Å². The fourth-order valence-corrected chi connectivity index (χ4v) is 2.44. The molecule has 2 N–H and O–H groups in total. The lowest BCUT2D eigenvalue weighted by molar-refractivity contribution is 0.305. The molecule has 0 atom stereocenters. The Balaban J connectivity index is 1.77. The minimum absolute atomic E-state index is 0.648. The van der Waals surface area contributed by atoms with Crippen LogP contribution < -0.4 is 20.1 Å². The highest BCUT2D eigenvalue weighted by Gasteiger charge is 2.03. The van der Waals surface area contributed by atoms with Crippen molar-refractivity contribution in [3.8, 4) is 11.6 Å². The van der Waals surface area contributed by atoms with Crippen LogP contribution in [0.2, 0.25) is 0 Å². The maximum atomic E-state index is 5.49. The summed E-state index contributed by atoms with van der Waals surface area (Å²) in [5.41, 5.74) is 2.24. The number of ether oxygens (including phenoxy) is 2. The second-order valence-corrected chi connectivity index (χ2v) is 5.77. The second kappa shape index (κ2) is 11.0. The molecule has 0 amide bonds. The van der Waals surface area contributed by atoms with E-state index in [1.807, 2.05) is 36.5 Å². The lowest BCUT2D eigenvalue weighted by atomic mass is 10.1. The van der Waals surface area contributed by atoms with Crippen molar-refractivity contribution < 1.29 is 9.47 Å². The number of aromatic nitrogens is 1. The standard InChI is InChI=1S/C20H28N4O2/c1-4-13-26-19-10-9-16(14-23-19)15-24-20(21-2)22-12-11-17-7-5-6-8-18(17)25-3/h5-10,14H,4,11-13,15H2,1-3H3,(H2,21,22,24). The number of rotatable bonds is 9. The third-order valence-corrected chi connectivity index (χ3v) is 3.81. The summed E-state index contributed by atoms with van der Waals surface area (Å²) in [6.07, 6.45) is 3.65. The van der Waals surface area contributed by atoms with E-state index in [0.29, 0.717) is 19.0 Å². The van der Waals surface area contributed by atoms with Crippen LogP contribution in [0.15, 0.2) is 47.6 Å². The molecule has 6 heteroatoms. The monoisotopic (exact) mass is 356 g/mol. The molecular weight excluding hydrogens is 328 g/mol. The maximum absolute atomic E-state index is 5.49. The molecule has 1 heterocycles. The van der Waals surface area contributed by atoms with Gasteiger partial charge in [-0.25, -0.2) is 4.98 Å². The van der Waals surface area contributed by atoms with Gasteiger partial charge in [-0.3, -0.25) is 4.99 Å². The Hall–Kier alpha value is -2.76. The van der Waals surface area contributed by atoms with Crippen LogP contribution in [0.1, 0.15) is 24.5 Å². The number of hydrogen-bond donors (Lipinski definition) is 2. The van der Waals surface area contributed by atoms with Gasteiger partial charge in [0.15, 0.2) is 5.96 Å². The number of para-hydroxylation sites is 1. The summed E-state index contributed by atoms with van der Waals surface area (Å²) in [6.45, 7) is 4.18. The van der Waals surface area contributed by atoms with Crippen molar-refractivity contribution in [1.29, 1.82) is 0 Å². The minimum atomic E-state index is 0.648. The summed E-state index contributed by atoms with van der Waals surface area (Å²) in [7, 11) is 3.46. The summed E-state index contributed by atoms with van der Waals surface area (Å²) >= 11 is 0. The lowest BCUT2D eigenvalue weighted by Gasteiger charge is -2.13. The summed E-state index contributed by atoms with van der Waals surface area (Å²) in [5.74, 6) is 2.33. The molecule has 1 aromatic heterocycles. The van der Waals surface area contributed by atoms with Gasteiger partial charge >= 0.3 is 0 Å². The van der Waals surface area contributed by atoms with Gasteiger partial charge in [-0.1, -0.05) is 31.2 Å². The quantitative estimate of drug-likeness (QED) is 0.534. The highest BCUT2D eigenvalue weighted by molar-refractivity contribution is 5.79. The van der Waals surface area contributed by atoms with E-state index in [9.17, 15) is 0 Å². The van der Waals surface area contributed by atoms with E-state index in [1.54, 1.807) is 14.2 Å². The van der Waals surface area contributed by atoms with Crippen LogP contribution in [-0.4, -0.2) is 38.3 Å². The minimum Gasteiger partial charge on any atom is -0.496 e. The average molecular weight is 356 g/mol. The second-order valence-electron chi connectivity index (χ2n) is 5.77. The van der Waals surface area contributed by atoms with Gasteiger partial charge in [0.2, 0.25) is 5.88 Å². The Kier molecular flexibility index (Phi) is 8.26. The zero-order valence-corrected chi connectivity index (χ0v) is 15.8. The van der Waals surface area contributed by atoms with Gasteiger partial charge in [0.05, 0.1) is 13.7 Å². The molecule has 0 radical (unpaired) electrons. The molecule has 0 fully saturated rings. The molecule has 1 aromatic carbocycles. The predicted molar refractivity (Wildman–Crippen MR) is 105 cm³/mol. The van der Waals surface area contributed by atoms with E-state index in [-0.39, 0.29) is 0 Å². The fraction of sp³-hybridized carbons (Fsp3) is 0.400. The van der Waals surface area contributed by atoms with Crippen molar-refractivity contribution in [2.45, 2.75) is 26.3 Å². The molecule has 6 nitrogen and oxygen atoms in total. The Bertz CT molecular complexity index is 686. The Morgan fingerprint density at radius 1 is 1.15 bits per heavy atom. The van der Waals surface area contributed by atoms with Crippen molar-refractivity contribution >= 4 is 5.96 Å². The maximum Gasteiger partial charge on any atom is 0.213 e. The van der Waals surface area contributed by atoms with E-state index < -0.39 is 0 Å². The SMILES string of the molecule is CCCOc1ccc(CNC(=NC)NCCc2ccccc2OC)cn1. The van der Waals surface area contributed by atoms with Gasteiger partial charge in [-0.05, 0) is 30.0 Å². The Labute approximate surface area is 155 Å². The molecule has 0 saturated heterocycles. The van der Waals surface area contributed by atoms with Crippen LogP contribution in [-0.2, 0) is 13.0 Å². The first-order valence-corrected chi connectivity index (χ1v) is 8.91. The van der Waals surface area contributed by atoms with Crippen LogP contribution in [0.3, 0.4) is 0 Å². The van der Waals surface area contributed by atoms with Crippen LogP contribution in [0.5, 0.6) is 11.6 Å². The number of pyridine rings is 1. The van der Waals surface area contributed by atoms with Crippen LogP contribution in [0, 0.1) is 0 Å². The first-order chi connectivity index (χ1) is 12.8. The number of hydrogen-bond acceptors (Lipinski definition) is 4.